The maximum atomic E-state index is 2.36. The molecule has 1 heterocycles. The Morgan fingerprint density at radius 2 is 1.31 bits per heavy atom. The standard InChI is InChI=1S/C27H25NS/c1-20-17-21(2)27(22(3)18-20)28(25-7-5-4-6-8-25)26-13-11-23(12-14-26)9-10-24-15-16-29-19-24/h4-19H,1-3H3. The molecule has 0 saturated heterocycles. The van der Waals surface area contributed by atoms with E-state index in [9.17, 15) is 0 Å². The van der Waals surface area contributed by atoms with Crippen molar-refractivity contribution in [1.29, 1.82) is 0 Å². The van der Waals surface area contributed by atoms with Gasteiger partial charge in [0.2, 0.25) is 0 Å². The van der Waals surface area contributed by atoms with Crippen molar-refractivity contribution in [3.63, 3.8) is 0 Å². The molecule has 0 N–H and O–H groups in total. The zero-order valence-electron chi connectivity index (χ0n) is 17.1. The lowest BCUT2D eigenvalue weighted by molar-refractivity contribution is 1.20. The van der Waals surface area contributed by atoms with Gasteiger partial charge in [-0.15, -0.1) is 0 Å². The molecular formula is C27H25NS. The molecule has 4 rings (SSSR count). The lowest BCUT2D eigenvalue weighted by Crippen LogP contribution is -2.13. The predicted molar refractivity (Wildman–Crippen MR) is 129 cm³/mol. The number of benzene rings is 3. The van der Waals surface area contributed by atoms with Crippen LogP contribution in [0.3, 0.4) is 0 Å². The number of hydrogen-bond donors (Lipinski definition) is 0. The summed E-state index contributed by atoms with van der Waals surface area (Å²) in [6.07, 6.45) is 4.33. The summed E-state index contributed by atoms with van der Waals surface area (Å²) in [5.41, 5.74) is 9.90. The average molecular weight is 396 g/mol. The van der Waals surface area contributed by atoms with E-state index in [4.69, 9.17) is 0 Å². The summed E-state index contributed by atoms with van der Waals surface area (Å²) < 4.78 is 0. The highest BCUT2D eigenvalue weighted by atomic mass is 32.1. The second-order valence-electron chi connectivity index (χ2n) is 7.40. The third-order valence-corrected chi connectivity index (χ3v) is 5.74. The number of anilines is 3. The fourth-order valence-electron chi connectivity index (χ4n) is 3.81. The normalized spacial score (nSPS) is 11.1. The lowest BCUT2D eigenvalue weighted by Gasteiger charge is -2.29. The Bertz CT molecular complexity index is 1080. The highest BCUT2D eigenvalue weighted by molar-refractivity contribution is 7.08. The molecule has 0 aliphatic rings. The Labute approximate surface area is 177 Å². The van der Waals surface area contributed by atoms with Gasteiger partial charge in [-0.2, -0.15) is 11.3 Å². The summed E-state index contributed by atoms with van der Waals surface area (Å²) in [5, 5.41) is 4.26. The van der Waals surface area contributed by atoms with Crippen molar-refractivity contribution in [2.75, 3.05) is 4.90 Å². The molecule has 29 heavy (non-hydrogen) atoms. The average Bonchev–Trinajstić information content (AvgIpc) is 3.24. The molecule has 0 amide bonds. The molecule has 3 aromatic carbocycles. The fourth-order valence-corrected chi connectivity index (χ4v) is 4.43. The van der Waals surface area contributed by atoms with Gasteiger partial charge in [0.1, 0.15) is 0 Å². The second-order valence-corrected chi connectivity index (χ2v) is 8.18. The first-order valence-electron chi connectivity index (χ1n) is 9.85. The van der Waals surface area contributed by atoms with Gasteiger partial charge in [-0.3, -0.25) is 0 Å². The van der Waals surface area contributed by atoms with Crippen molar-refractivity contribution in [1.82, 2.24) is 0 Å². The summed E-state index contributed by atoms with van der Waals surface area (Å²) >= 11 is 1.72. The molecule has 0 unspecified atom stereocenters. The van der Waals surface area contributed by atoms with Gasteiger partial charge in [0, 0.05) is 11.4 Å². The monoisotopic (exact) mass is 395 g/mol. The Morgan fingerprint density at radius 1 is 0.690 bits per heavy atom. The second kappa shape index (κ2) is 8.50. The molecule has 1 aromatic heterocycles. The van der Waals surface area contributed by atoms with Crippen molar-refractivity contribution in [3.05, 3.63) is 111 Å². The van der Waals surface area contributed by atoms with Crippen molar-refractivity contribution in [2.24, 2.45) is 0 Å². The first kappa shape index (κ1) is 19.2. The molecule has 0 atom stereocenters. The van der Waals surface area contributed by atoms with Crippen molar-refractivity contribution in [2.45, 2.75) is 20.8 Å². The maximum absolute atomic E-state index is 2.36. The van der Waals surface area contributed by atoms with Crippen LogP contribution in [0, 0.1) is 20.8 Å². The minimum atomic E-state index is 1.17. The van der Waals surface area contributed by atoms with Crippen LogP contribution in [0.5, 0.6) is 0 Å². The van der Waals surface area contributed by atoms with Crippen LogP contribution in [0.2, 0.25) is 0 Å². The van der Waals surface area contributed by atoms with Gasteiger partial charge in [-0.05, 0) is 84.1 Å². The summed E-state index contributed by atoms with van der Waals surface area (Å²) in [5.74, 6) is 0. The molecule has 0 aliphatic carbocycles. The number of hydrogen-bond acceptors (Lipinski definition) is 2. The summed E-state index contributed by atoms with van der Waals surface area (Å²) in [6.45, 7) is 6.55. The quantitative estimate of drug-likeness (QED) is 0.328. The van der Waals surface area contributed by atoms with Crippen LogP contribution in [-0.4, -0.2) is 0 Å². The third-order valence-electron chi connectivity index (χ3n) is 5.04. The Hall–Kier alpha value is -3.10. The molecule has 0 radical (unpaired) electrons. The van der Waals surface area contributed by atoms with E-state index in [1.165, 1.54) is 44.9 Å². The van der Waals surface area contributed by atoms with E-state index < -0.39 is 0 Å². The molecule has 4 aromatic rings. The van der Waals surface area contributed by atoms with Crippen molar-refractivity contribution >= 4 is 40.6 Å². The summed E-state index contributed by atoms with van der Waals surface area (Å²) in [7, 11) is 0. The van der Waals surface area contributed by atoms with Crippen molar-refractivity contribution in [3.8, 4) is 0 Å². The number of nitrogens with zero attached hydrogens (tertiary/aromatic N) is 1. The minimum absolute atomic E-state index is 1.17. The lowest BCUT2D eigenvalue weighted by atomic mass is 10.0. The molecule has 0 aliphatic heterocycles. The molecule has 2 heteroatoms. The van der Waals surface area contributed by atoms with Crippen LogP contribution in [0.1, 0.15) is 27.8 Å². The van der Waals surface area contributed by atoms with Crippen LogP contribution >= 0.6 is 11.3 Å². The summed E-state index contributed by atoms with van der Waals surface area (Å²) in [4.78, 5) is 2.36. The number of thiophene rings is 1. The van der Waals surface area contributed by atoms with Gasteiger partial charge in [0.25, 0.3) is 0 Å². The molecule has 0 spiro atoms. The van der Waals surface area contributed by atoms with Crippen LogP contribution < -0.4 is 4.90 Å². The van der Waals surface area contributed by atoms with Crippen molar-refractivity contribution < 1.29 is 0 Å². The van der Waals surface area contributed by atoms with E-state index in [1.807, 2.05) is 0 Å². The fraction of sp³-hybridized carbons (Fsp3) is 0.111. The molecule has 0 fully saturated rings. The van der Waals surface area contributed by atoms with Gasteiger partial charge in [-0.1, -0.05) is 60.2 Å². The van der Waals surface area contributed by atoms with E-state index in [0.717, 1.165) is 0 Å². The van der Waals surface area contributed by atoms with Gasteiger partial charge >= 0.3 is 0 Å². The topological polar surface area (TPSA) is 3.24 Å². The Kier molecular flexibility index (Phi) is 5.64. The zero-order chi connectivity index (χ0) is 20.2. The largest absolute Gasteiger partial charge is 0.310 e. The SMILES string of the molecule is Cc1cc(C)c(N(c2ccccc2)c2ccc(C=Cc3ccsc3)cc2)c(C)c1. The van der Waals surface area contributed by atoms with E-state index in [2.05, 4.69) is 121 Å². The smallest absolute Gasteiger partial charge is 0.0520 e. The number of aryl methyl sites for hydroxylation is 3. The zero-order valence-corrected chi connectivity index (χ0v) is 17.9. The van der Waals surface area contributed by atoms with E-state index in [1.54, 1.807) is 11.3 Å². The predicted octanol–water partition coefficient (Wildman–Crippen LogP) is 8.31. The Morgan fingerprint density at radius 3 is 1.93 bits per heavy atom. The molecule has 144 valence electrons. The van der Waals surface area contributed by atoms with E-state index in [0.29, 0.717) is 0 Å². The molecular weight excluding hydrogens is 370 g/mol. The highest BCUT2D eigenvalue weighted by Gasteiger charge is 2.16. The maximum Gasteiger partial charge on any atom is 0.0520 e. The van der Waals surface area contributed by atoms with Gasteiger partial charge < -0.3 is 4.90 Å². The van der Waals surface area contributed by atoms with Crippen LogP contribution in [0.15, 0.2) is 83.6 Å². The number of rotatable bonds is 5. The van der Waals surface area contributed by atoms with Gasteiger partial charge in [0.15, 0.2) is 0 Å². The van der Waals surface area contributed by atoms with Crippen LogP contribution in [0.25, 0.3) is 12.2 Å². The van der Waals surface area contributed by atoms with Gasteiger partial charge in [0.05, 0.1) is 5.69 Å². The Balaban J connectivity index is 1.75. The highest BCUT2D eigenvalue weighted by Crippen LogP contribution is 2.39. The molecule has 0 saturated carbocycles. The first-order valence-corrected chi connectivity index (χ1v) is 10.8. The first-order chi connectivity index (χ1) is 14.1. The molecule has 1 nitrogen and oxygen atoms in total. The van der Waals surface area contributed by atoms with Crippen LogP contribution in [0.4, 0.5) is 17.1 Å². The van der Waals surface area contributed by atoms with E-state index >= 15 is 0 Å². The van der Waals surface area contributed by atoms with E-state index in [-0.39, 0.29) is 0 Å². The molecule has 0 bridgehead atoms. The minimum Gasteiger partial charge on any atom is -0.310 e. The van der Waals surface area contributed by atoms with Crippen LogP contribution in [-0.2, 0) is 0 Å². The third kappa shape index (κ3) is 4.33. The number of para-hydroxylation sites is 1. The summed E-state index contributed by atoms with van der Waals surface area (Å²) in [6, 6.07) is 26.0. The van der Waals surface area contributed by atoms with Gasteiger partial charge in [-0.25, -0.2) is 0 Å².